The number of nitrogen functional groups attached to an aromatic ring is 1. The molecular weight excluding hydrogens is 204 g/mol. The minimum absolute atomic E-state index is 0.769. The zero-order chi connectivity index (χ0) is 10.7. The van der Waals surface area contributed by atoms with Crippen LogP contribution in [0.25, 0.3) is 0 Å². The number of nitrogens with one attached hydrogen (secondary N) is 1. The average molecular weight is 222 g/mol. The third kappa shape index (κ3) is 2.81. The van der Waals surface area contributed by atoms with Crippen LogP contribution in [0.15, 0.2) is 18.2 Å². The Morgan fingerprint density at radius 3 is 3.07 bits per heavy atom. The van der Waals surface area contributed by atoms with Crippen LogP contribution in [0, 0.1) is 6.92 Å². The van der Waals surface area contributed by atoms with E-state index in [9.17, 15) is 0 Å². The first-order chi connectivity index (χ1) is 7.25. The second-order valence-corrected chi connectivity index (χ2v) is 5.51. The molecule has 0 bridgehead atoms. The Morgan fingerprint density at radius 2 is 2.40 bits per heavy atom. The first-order valence-corrected chi connectivity index (χ1v) is 6.52. The summed E-state index contributed by atoms with van der Waals surface area (Å²) in [5.41, 5.74) is 9.09. The summed E-state index contributed by atoms with van der Waals surface area (Å²) in [4.78, 5) is 0. The van der Waals surface area contributed by atoms with Crippen molar-refractivity contribution < 1.29 is 0 Å². The molecular formula is C12H18N2S. The second-order valence-electron chi connectivity index (χ2n) is 4.11. The molecule has 1 atom stereocenters. The molecule has 0 spiro atoms. The van der Waals surface area contributed by atoms with Crippen LogP contribution < -0.4 is 11.1 Å². The first-order valence-electron chi connectivity index (χ1n) is 5.47. The Kier molecular flexibility index (Phi) is 3.41. The van der Waals surface area contributed by atoms with Gasteiger partial charge in [0.25, 0.3) is 0 Å². The normalized spacial score (nSPS) is 20.5. The van der Waals surface area contributed by atoms with E-state index in [-0.39, 0.29) is 0 Å². The van der Waals surface area contributed by atoms with Crippen LogP contribution in [-0.2, 0) is 0 Å². The molecule has 0 saturated carbocycles. The van der Waals surface area contributed by atoms with Crippen molar-refractivity contribution >= 4 is 23.1 Å². The van der Waals surface area contributed by atoms with Gasteiger partial charge in [0.2, 0.25) is 0 Å². The lowest BCUT2D eigenvalue weighted by molar-refractivity contribution is 0.805. The molecule has 1 aromatic rings. The van der Waals surface area contributed by atoms with E-state index in [4.69, 9.17) is 5.73 Å². The maximum atomic E-state index is 5.94. The smallest absolute Gasteiger partial charge is 0.0574 e. The minimum Gasteiger partial charge on any atom is -0.397 e. The minimum atomic E-state index is 0.769. The van der Waals surface area contributed by atoms with Crippen molar-refractivity contribution in [2.45, 2.75) is 25.0 Å². The summed E-state index contributed by atoms with van der Waals surface area (Å²) in [6.07, 6.45) is 2.70. The standard InChI is InChI=1S/C12H18N2S/c1-9-4-5-12(11(13)7-9)14-8-10-3-2-6-15-10/h4-5,7,10,14H,2-3,6,8,13H2,1H3. The average Bonchev–Trinajstić information content (AvgIpc) is 2.69. The first kappa shape index (κ1) is 10.7. The molecule has 3 N–H and O–H groups in total. The lowest BCUT2D eigenvalue weighted by Gasteiger charge is -2.13. The molecule has 1 aromatic carbocycles. The maximum Gasteiger partial charge on any atom is 0.0574 e. The molecule has 15 heavy (non-hydrogen) atoms. The van der Waals surface area contributed by atoms with Crippen LogP contribution >= 0.6 is 11.8 Å². The molecule has 1 aliphatic heterocycles. The molecule has 1 unspecified atom stereocenters. The van der Waals surface area contributed by atoms with Gasteiger partial charge in [-0.2, -0.15) is 11.8 Å². The van der Waals surface area contributed by atoms with Crippen LogP contribution in [0.1, 0.15) is 18.4 Å². The van der Waals surface area contributed by atoms with Gasteiger partial charge < -0.3 is 11.1 Å². The zero-order valence-corrected chi connectivity index (χ0v) is 9.94. The number of thioether (sulfide) groups is 1. The molecule has 0 radical (unpaired) electrons. The van der Waals surface area contributed by atoms with Gasteiger partial charge in [0.05, 0.1) is 11.4 Å². The van der Waals surface area contributed by atoms with Gasteiger partial charge in [0.1, 0.15) is 0 Å². The highest BCUT2D eigenvalue weighted by Gasteiger charge is 2.15. The third-order valence-corrected chi connectivity index (χ3v) is 4.15. The molecule has 3 heteroatoms. The molecule has 82 valence electrons. The van der Waals surface area contributed by atoms with Crippen LogP contribution in [0.5, 0.6) is 0 Å². The van der Waals surface area contributed by atoms with Crippen molar-refractivity contribution in [3.05, 3.63) is 23.8 Å². The van der Waals surface area contributed by atoms with E-state index < -0.39 is 0 Å². The van der Waals surface area contributed by atoms with E-state index in [1.807, 2.05) is 6.07 Å². The maximum absolute atomic E-state index is 5.94. The Bertz CT molecular complexity index is 332. The summed E-state index contributed by atoms with van der Waals surface area (Å²) in [5, 5.41) is 4.21. The summed E-state index contributed by atoms with van der Waals surface area (Å²) < 4.78 is 0. The van der Waals surface area contributed by atoms with E-state index in [0.717, 1.165) is 23.2 Å². The van der Waals surface area contributed by atoms with Crippen molar-refractivity contribution in [1.29, 1.82) is 0 Å². The van der Waals surface area contributed by atoms with Gasteiger partial charge in [-0.25, -0.2) is 0 Å². The summed E-state index contributed by atoms with van der Waals surface area (Å²) >= 11 is 2.07. The Labute approximate surface area is 95.6 Å². The number of hydrogen-bond donors (Lipinski definition) is 2. The monoisotopic (exact) mass is 222 g/mol. The summed E-state index contributed by atoms with van der Waals surface area (Å²) in [7, 11) is 0. The Hall–Kier alpha value is -0.830. The fraction of sp³-hybridized carbons (Fsp3) is 0.500. The van der Waals surface area contributed by atoms with Crippen molar-refractivity contribution in [1.82, 2.24) is 0 Å². The van der Waals surface area contributed by atoms with Gasteiger partial charge >= 0.3 is 0 Å². The number of hydrogen-bond acceptors (Lipinski definition) is 3. The van der Waals surface area contributed by atoms with Crippen LogP contribution in [-0.4, -0.2) is 17.5 Å². The summed E-state index contributed by atoms with van der Waals surface area (Å²) in [6.45, 7) is 3.10. The van der Waals surface area contributed by atoms with Crippen molar-refractivity contribution in [2.24, 2.45) is 0 Å². The van der Waals surface area contributed by atoms with Crippen LogP contribution in [0.4, 0.5) is 11.4 Å². The quantitative estimate of drug-likeness (QED) is 0.772. The lowest BCUT2D eigenvalue weighted by atomic mass is 10.2. The molecule has 2 rings (SSSR count). The fourth-order valence-electron chi connectivity index (χ4n) is 1.87. The van der Waals surface area contributed by atoms with Gasteiger partial charge in [-0.3, -0.25) is 0 Å². The topological polar surface area (TPSA) is 38.0 Å². The van der Waals surface area contributed by atoms with Gasteiger partial charge in [-0.15, -0.1) is 0 Å². The highest BCUT2D eigenvalue weighted by atomic mass is 32.2. The van der Waals surface area contributed by atoms with Gasteiger partial charge in [0, 0.05) is 11.8 Å². The third-order valence-electron chi connectivity index (χ3n) is 2.75. The van der Waals surface area contributed by atoms with E-state index in [1.165, 1.54) is 24.2 Å². The van der Waals surface area contributed by atoms with Gasteiger partial charge in [0.15, 0.2) is 0 Å². The number of benzene rings is 1. The van der Waals surface area contributed by atoms with Crippen molar-refractivity contribution in [2.75, 3.05) is 23.3 Å². The highest BCUT2D eigenvalue weighted by Crippen LogP contribution is 2.27. The highest BCUT2D eigenvalue weighted by molar-refractivity contribution is 8.00. The van der Waals surface area contributed by atoms with E-state index in [0.29, 0.717) is 0 Å². The molecule has 0 amide bonds. The molecule has 0 aromatic heterocycles. The van der Waals surface area contributed by atoms with E-state index >= 15 is 0 Å². The Morgan fingerprint density at radius 1 is 1.53 bits per heavy atom. The van der Waals surface area contributed by atoms with Crippen LogP contribution in [0.3, 0.4) is 0 Å². The van der Waals surface area contributed by atoms with E-state index in [2.05, 4.69) is 36.1 Å². The van der Waals surface area contributed by atoms with Crippen molar-refractivity contribution in [3.8, 4) is 0 Å². The lowest BCUT2D eigenvalue weighted by Crippen LogP contribution is -2.14. The van der Waals surface area contributed by atoms with Gasteiger partial charge in [-0.05, 0) is 43.2 Å². The molecule has 1 heterocycles. The largest absolute Gasteiger partial charge is 0.397 e. The molecule has 0 aliphatic carbocycles. The zero-order valence-electron chi connectivity index (χ0n) is 9.12. The van der Waals surface area contributed by atoms with Crippen LogP contribution in [0.2, 0.25) is 0 Å². The predicted octanol–water partition coefficient (Wildman–Crippen LogP) is 2.88. The Balaban J connectivity index is 1.92. The molecule has 2 nitrogen and oxygen atoms in total. The number of aryl methyl sites for hydroxylation is 1. The SMILES string of the molecule is Cc1ccc(NCC2CCCS2)c(N)c1. The van der Waals surface area contributed by atoms with Crippen molar-refractivity contribution in [3.63, 3.8) is 0 Å². The number of rotatable bonds is 3. The fourth-order valence-corrected chi connectivity index (χ4v) is 3.07. The van der Waals surface area contributed by atoms with E-state index in [1.54, 1.807) is 0 Å². The van der Waals surface area contributed by atoms with Gasteiger partial charge in [-0.1, -0.05) is 6.07 Å². The molecule has 1 aliphatic rings. The predicted molar refractivity (Wildman–Crippen MR) is 69.6 cm³/mol. The molecule has 1 fully saturated rings. The molecule has 1 saturated heterocycles. The summed E-state index contributed by atoms with van der Waals surface area (Å²) in [6, 6.07) is 6.19. The second kappa shape index (κ2) is 4.79. The summed E-state index contributed by atoms with van der Waals surface area (Å²) in [5.74, 6) is 1.32. The number of nitrogens with two attached hydrogens (primary N) is 1. The number of anilines is 2.